The predicted octanol–water partition coefficient (Wildman–Crippen LogP) is 2.63. The smallest absolute Gasteiger partial charge is 0.274 e. The molecule has 0 radical (unpaired) electrons. The lowest BCUT2D eigenvalue weighted by Gasteiger charge is -2.03. The summed E-state index contributed by atoms with van der Waals surface area (Å²) in [5.41, 5.74) is 0. The Hall–Kier alpha value is -1.15. The van der Waals surface area contributed by atoms with Crippen LogP contribution < -0.4 is 10.0 Å². The number of thiophene rings is 1. The Morgan fingerprint density at radius 3 is 2.67 bits per heavy atom. The second-order valence-electron chi connectivity index (χ2n) is 4.73. The first-order valence-corrected chi connectivity index (χ1v) is 9.15. The summed E-state index contributed by atoms with van der Waals surface area (Å²) in [7, 11) is -3.60. The van der Waals surface area contributed by atoms with E-state index in [0.29, 0.717) is 12.3 Å². The molecule has 2 aromatic rings. The zero-order valence-corrected chi connectivity index (χ0v) is 13.8. The topological polar surface area (TPSA) is 71.3 Å². The minimum absolute atomic E-state index is 0.0379. The lowest BCUT2D eigenvalue weighted by molar-refractivity contribution is 0.400. The first-order chi connectivity index (χ1) is 10.0. The molecule has 116 valence electrons. The van der Waals surface area contributed by atoms with Crippen molar-refractivity contribution < 1.29 is 12.8 Å². The van der Waals surface area contributed by atoms with Gasteiger partial charge in [0.15, 0.2) is 0 Å². The summed E-state index contributed by atoms with van der Waals surface area (Å²) in [6, 6.07) is 7.07. The van der Waals surface area contributed by atoms with Crippen molar-refractivity contribution in [2.75, 3.05) is 6.54 Å². The van der Waals surface area contributed by atoms with Crippen LogP contribution in [0.25, 0.3) is 0 Å². The molecule has 0 aromatic carbocycles. The van der Waals surface area contributed by atoms with Crippen LogP contribution in [0, 0.1) is 6.92 Å². The standard InChI is InChI=1S/C14H20N2O3S2/c1-3-8-15-9-12-5-7-14(19-12)21(17,18)16-10-13-6-4-11(2)20-13/h4-7,15-16H,3,8-10H2,1-2H3. The lowest BCUT2D eigenvalue weighted by Crippen LogP contribution is -2.22. The van der Waals surface area contributed by atoms with Crippen LogP contribution in [0.1, 0.15) is 28.9 Å². The molecule has 21 heavy (non-hydrogen) atoms. The quantitative estimate of drug-likeness (QED) is 0.731. The van der Waals surface area contributed by atoms with Gasteiger partial charge in [0.1, 0.15) is 5.76 Å². The van der Waals surface area contributed by atoms with Crippen molar-refractivity contribution >= 4 is 21.4 Å². The van der Waals surface area contributed by atoms with E-state index < -0.39 is 10.0 Å². The van der Waals surface area contributed by atoms with Crippen LogP contribution in [0.3, 0.4) is 0 Å². The van der Waals surface area contributed by atoms with Gasteiger partial charge in [-0.1, -0.05) is 6.92 Å². The molecule has 0 aliphatic rings. The maximum absolute atomic E-state index is 12.1. The second kappa shape index (κ2) is 7.22. The highest BCUT2D eigenvalue weighted by Crippen LogP contribution is 2.17. The summed E-state index contributed by atoms with van der Waals surface area (Å²) in [5, 5.41) is 3.13. The molecule has 0 spiro atoms. The van der Waals surface area contributed by atoms with Crippen LogP contribution in [-0.4, -0.2) is 15.0 Å². The van der Waals surface area contributed by atoms with E-state index in [9.17, 15) is 8.42 Å². The molecule has 0 atom stereocenters. The monoisotopic (exact) mass is 328 g/mol. The van der Waals surface area contributed by atoms with E-state index in [-0.39, 0.29) is 11.6 Å². The van der Waals surface area contributed by atoms with Crippen LogP contribution in [0.5, 0.6) is 0 Å². The number of sulfonamides is 1. The fourth-order valence-electron chi connectivity index (χ4n) is 1.80. The number of hydrogen-bond donors (Lipinski definition) is 2. The fraction of sp³-hybridized carbons (Fsp3) is 0.429. The number of nitrogens with one attached hydrogen (secondary N) is 2. The highest BCUT2D eigenvalue weighted by Gasteiger charge is 2.18. The highest BCUT2D eigenvalue weighted by atomic mass is 32.2. The Kier molecular flexibility index (Phi) is 5.58. The third kappa shape index (κ3) is 4.67. The molecular formula is C14H20N2O3S2. The number of furan rings is 1. The minimum Gasteiger partial charge on any atom is -0.447 e. The van der Waals surface area contributed by atoms with E-state index >= 15 is 0 Å². The fourth-order valence-corrected chi connectivity index (χ4v) is 3.68. The first kappa shape index (κ1) is 16.2. The van der Waals surface area contributed by atoms with E-state index in [1.54, 1.807) is 17.4 Å². The van der Waals surface area contributed by atoms with E-state index in [1.807, 2.05) is 19.1 Å². The third-order valence-corrected chi connectivity index (χ3v) is 5.13. The zero-order chi connectivity index (χ0) is 15.3. The van der Waals surface area contributed by atoms with Crippen molar-refractivity contribution in [1.29, 1.82) is 0 Å². The van der Waals surface area contributed by atoms with Crippen molar-refractivity contribution in [3.05, 3.63) is 39.8 Å². The predicted molar refractivity (Wildman–Crippen MR) is 83.8 cm³/mol. The van der Waals surface area contributed by atoms with Gasteiger partial charge in [0, 0.05) is 16.3 Å². The second-order valence-corrected chi connectivity index (χ2v) is 7.80. The number of aryl methyl sites for hydroxylation is 1. The SMILES string of the molecule is CCCNCc1ccc(S(=O)(=O)NCc2ccc(C)s2)o1. The Morgan fingerprint density at radius 2 is 2.00 bits per heavy atom. The van der Waals surface area contributed by atoms with E-state index in [2.05, 4.69) is 17.0 Å². The average molecular weight is 328 g/mol. The van der Waals surface area contributed by atoms with Crippen LogP contribution >= 0.6 is 11.3 Å². The van der Waals surface area contributed by atoms with Gasteiger partial charge in [0.05, 0.1) is 6.54 Å². The molecule has 2 aromatic heterocycles. The normalized spacial score (nSPS) is 11.9. The van der Waals surface area contributed by atoms with Gasteiger partial charge in [-0.2, -0.15) is 0 Å². The third-order valence-electron chi connectivity index (χ3n) is 2.86. The molecule has 0 aliphatic heterocycles. The Bertz CT molecular complexity index is 674. The highest BCUT2D eigenvalue weighted by molar-refractivity contribution is 7.89. The van der Waals surface area contributed by atoms with Crippen LogP contribution in [0.4, 0.5) is 0 Å². The van der Waals surface area contributed by atoms with Gasteiger partial charge in [-0.25, -0.2) is 13.1 Å². The average Bonchev–Trinajstić information content (AvgIpc) is 3.06. The van der Waals surface area contributed by atoms with Crippen LogP contribution in [-0.2, 0) is 23.1 Å². The summed E-state index contributed by atoms with van der Waals surface area (Å²) < 4.78 is 32.2. The molecule has 7 heteroatoms. The molecule has 0 bridgehead atoms. The molecule has 0 amide bonds. The molecule has 2 heterocycles. The molecule has 5 nitrogen and oxygen atoms in total. The molecule has 0 aliphatic carbocycles. The first-order valence-electron chi connectivity index (χ1n) is 6.85. The summed E-state index contributed by atoms with van der Waals surface area (Å²) in [6.45, 7) is 5.75. The number of hydrogen-bond acceptors (Lipinski definition) is 5. The van der Waals surface area contributed by atoms with Gasteiger partial charge < -0.3 is 9.73 Å². The van der Waals surface area contributed by atoms with Gasteiger partial charge in [-0.3, -0.25) is 0 Å². The Labute approximate surface area is 129 Å². The van der Waals surface area contributed by atoms with Crippen molar-refractivity contribution in [2.45, 2.75) is 38.5 Å². The summed E-state index contributed by atoms with van der Waals surface area (Å²) in [5.74, 6) is 0.621. The van der Waals surface area contributed by atoms with E-state index in [4.69, 9.17) is 4.42 Å². The Morgan fingerprint density at radius 1 is 1.19 bits per heavy atom. The van der Waals surface area contributed by atoms with E-state index in [0.717, 1.165) is 22.7 Å². The summed E-state index contributed by atoms with van der Waals surface area (Å²) >= 11 is 1.57. The van der Waals surface area contributed by atoms with Crippen molar-refractivity contribution in [3.63, 3.8) is 0 Å². The maximum Gasteiger partial charge on any atom is 0.274 e. The molecule has 0 saturated carbocycles. The van der Waals surface area contributed by atoms with Crippen molar-refractivity contribution in [3.8, 4) is 0 Å². The lowest BCUT2D eigenvalue weighted by atomic mass is 10.4. The zero-order valence-electron chi connectivity index (χ0n) is 12.2. The van der Waals surface area contributed by atoms with Crippen LogP contribution in [0.15, 0.2) is 33.8 Å². The van der Waals surface area contributed by atoms with Crippen LogP contribution in [0.2, 0.25) is 0 Å². The van der Waals surface area contributed by atoms with Gasteiger partial charge in [0.2, 0.25) is 5.09 Å². The molecular weight excluding hydrogens is 308 g/mol. The Balaban J connectivity index is 1.95. The van der Waals surface area contributed by atoms with Crippen molar-refractivity contribution in [1.82, 2.24) is 10.0 Å². The van der Waals surface area contributed by atoms with E-state index in [1.165, 1.54) is 6.07 Å². The van der Waals surface area contributed by atoms with Gasteiger partial charge in [-0.15, -0.1) is 11.3 Å². The summed E-state index contributed by atoms with van der Waals surface area (Å²) in [6.07, 6.45) is 1.02. The molecule has 2 rings (SSSR count). The van der Waals surface area contributed by atoms with Gasteiger partial charge in [-0.05, 0) is 44.2 Å². The minimum atomic E-state index is -3.60. The van der Waals surface area contributed by atoms with Gasteiger partial charge >= 0.3 is 0 Å². The molecule has 0 saturated heterocycles. The number of rotatable bonds is 8. The molecule has 0 fully saturated rings. The molecule has 0 unspecified atom stereocenters. The van der Waals surface area contributed by atoms with Crippen molar-refractivity contribution in [2.24, 2.45) is 0 Å². The maximum atomic E-state index is 12.1. The molecule has 2 N–H and O–H groups in total. The van der Waals surface area contributed by atoms with Gasteiger partial charge in [0.25, 0.3) is 10.0 Å². The largest absolute Gasteiger partial charge is 0.447 e. The summed E-state index contributed by atoms with van der Waals surface area (Å²) in [4.78, 5) is 2.14.